The second kappa shape index (κ2) is 6.20. The molecule has 0 bridgehead atoms. The summed E-state index contributed by atoms with van der Waals surface area (Å²) in [6.07, 6.45) is 0.583. The topological polar surface area (TPSA) is 93.8 Å². The molecule has 0 aliphatic carbocycles. The second-order valence-electron chi connectivity index (χ2n) is 6.77. The van der Waals surface area contributed by atoms with Crippen LogP contribution in [0.4, 0.5) is 5.69 Å². The molecule has 25 heavy (non-hydrogen) atoms. The van der Waals surface area contributed by atoms with E-state index < -0.39 is 5.60 Å². The Bertz CT molecular complexity index is 817. The number of amides is 1. The van der Waals surface area contributed by atoms with Crippen molar-refractivity contribution in [3.05, 3.63) is 47.5 Å². The van der Waals surface area contributed by atoms with Crippen molar-refractivity contribution >= 4 is 11.6 Å². The van der Waals surface area contributed by atoms with Crippen LogP contribution in [0, 0.1) is 0 Å². The molecule has 2 aromatic rings. The number of phenolic OH excluding ortho intramolecular Hbond substituents is 1. The number of hydrogen-bond acceptors (Lipinski definition) is 5. The predicted molar refractivity (Wildman–Crippen MR) is 95.0 cm³/mol. The summed E-state index contributed by atoms with van der Waals surface area (Å²) in [7, 11) is 1.51. The lowest BCUT2D eigenvalue weighted by molar-refractivity contribution is 0.0619. The summed E-state index contributed by atoms with van der Waals surface area (Å²) in [6, 6.07) is 9.66. The van der Waals surface area contributed by atoms with E-state index in [0.717, 1.165) is 5.56 Å². The molecule has 132 valence electrons. The maximum Gasteiger partial charge on any atom is 0.255 e. The lowest BCUT2D eigenvalue weighted by atomic mass is 9.89. The smallest absolute Gasteiger partial charge is 0.255 e. The van der Waals surface area contributed by atoms with E-state index in [1.165, 1.54) is 19.2 Å². The van der Waals surface area contributed by atoms with Crippen LogP contribution in [0.2, 0.25) is 0 Å². The molecule has 2 aromatic carbocycles. The number of fused-ring (bicyclic) bond motifs is 1. The molecule has 0 fully saturated rings. The van der Waals surface area contributed by atoms with Crippen molar-refractivity contribution < 1.29 is 19.4 Å². The van der Waals surface area contributed by atoms with Crippen molar-refractivity contribution in [3.8, 4) is 17.2 Å². The number of benzene rings is 2. The zero-order valence-corrected chi connectivity index (χ0v) is 14.5. The van der Waals surface area contributed by atoms with E-state index in [9.17, 15) is 9.90 Å². The standard InChI is InChI=1S/C19H22N2O4/c1-19(2)10-15(13-8-11(20)4-7-17(13)25-19)21-18(23)14-9-12(24-3)5-6-16(14)22/h4-9,15,22H,10,20H2,1-3H3,(H,21,23). The first-order valence-corrected chi connectivity index (χ1v) is 8.05. The third kappa shape index (κ3) is 3.47. The molecular formula is C19H22N2O4. The number of anilines is 1. The Balaban J connectivity index is 1.92. The van der Waals surface area contributed by atoms with Crippen LogP contribution in [0.3, 0.4) is 0 Å². The Morgan fingerprint density at radius 2 is 2.08 bits per heavy atom. The molecule has 1 heterocycles. The quantitative estimate of drug-likeness (QED) is 0.746. The first kappa shape index (κ1) is 17.0. The first-order valence-electron chi connectivity index (χ1n) is 8.05. The van der Waals surface area contributed by atoms with Crippen LogP contribution < -0.4 is 20.5 Å². The summed E-state index contributed by atoms with van der Waals surface area (Å²) in [5.41, 5.74) is 7.05. The van der Waals surface area contributed by atoms with Crippen LogP contribution in [0.5, 0.6) is 17.2 Å². The Hall–Kier alpha value is -2.89. The maximum absolute atomic E-state index is 12.7. The van der Waals surface area contributed by atoms with Crippen molar-refractivity contribution in [2.24, 2.45) is 0 Å². The Kier molecular flexibility index (Phi) is 4.20. The van der Waals surface area contributed by atoms with Crippen LogP contribution in [0.25, 0.3) is 0 Å². The lowest BCUT2D eigenvalue weighted by Gasteiger charge is -2.38. The monoisotopic (exact) mass is 342 g/mol. The fourth-order valence-electron chi connectivity index (χ4n) is 3.06. The van der Waals surface area contributed by atoms with Crippen LogP contribution >= 0.6 is 0 Å². The zero-order chi connectivity index (χ0) is 18.2. The highest BCUT2D eigenvalue weighted by atomic mass is 16.5. The number of hydrogen-bond donors (Lipinski definition) is 3. The molecule has 1 aliphatic rings. The average molecular weight is 342 g/mol. The van der Waals surface area contributed by atoms with Crippen LogP contribution in [-0.4, -0.2) is 23.7 Å². The molecule has 1 unspecified atom stereocenters. The Morgan fingerprint density at radius 1 is 1.32 bits per heavy atom. The minimum Gasteiger partial charge on any atom is -0.507 e. The summed E-state index contributed by atoms with van der Waals surface area (Å²) in [6.45, 7) is 3.93. The number of carbonyl (C=O) groups is 1. The Morgan fingerprint density at radius 3 is 2.80 bits per heavy atom. The summed E-state index contributed by atoms with van der Waals surface area (Å²) in [5.74, 6) is 0.718. The predicted octanol–water partition coefficient (Wildman–Crippen LogP) is 3.02. The van der Waals surface area contributed by atoms with Gasteiger partial charge in [-0.25, -0.2) is 0 Å². The number of ether oxygens (including phenoxy) is 2. The van der Waals surface area contributed by atoms with Gasteiger partial charge in [0.2, 0.25) is 0 Å². The van der Waals surface area contributed by atoms with Gasteiger partial charge in [-0.3, -0.25) is 4.79 Å². The van der Waals surface area contributed by atoms with Crippen LogP contribution in [0.15, 0.2) is 36.4 Å². The first-order chi connectivity index (χ1) is 11.8. The van der Waals surface area contributed by atoms with Crippen LogP contribution in [-0.2, 0) is 0 Å². The van der Waals surface area contributed by atoms with Gasteiger partial charge in [0.15, 0.2) is 0 Å². The highest BCUT2D eigenvalue weighted by Crippen LogP contribution is 2.40. The van der Waals surface area contributed by atoms with Crippen molar-refractivity contribution in [2.45, 2.75) is 31.9 Å². The zero-order valence-electron chi connectivity index (χ0n) is 14.5. The number of nitrogens with two attached hydrogens (primary N) is 1. The van der Waals surface area contributed by atoms with Gasteiger partial charge in [0.1, 0.15) is 22.8 Å². The van der Waals surface area contributed by atoms with Gasteiger partial charge in [0.25, 0.3) is 5.91 Å². The maximum atomic E-state index is 12.7. The van der Waals surface area contributed by atoms with E-state index >= 15 is 0 Å². The highest BCUT2D eigenvalue weighted by Gasteiger charge is 2.35. The molecule has 0 saturated carbocycles. The number of aromatic hydroxyl groups is 1. The third-order valence-corrected chi connectivity index (χ3v) is 4.24. The van der Waals surface area contributed by atoms with Crippen molar-refractivity contribution in [1.29, 1.82) is 0 Å². The number of nitrogen functional groups attached to an aromatic ring is 1. The van der Waals surface area contributed by atoms with E-state index in [4.69, 9.17) is 15.2 Å². The molecule has 0 spiro atoms. The summed E-state index contributed by atoms with van der Waals surface area (Å²) in [4.78, 5) is 12.7. The largest absolute Gasteiger partial charge is 0.507 e. The lowest BCUT2D eigenvalue weighted by Crippen LogP contribution is -2.41. The van der Waals surface area contributed by atoms with Gasteiger partial charge in [0, 0.05) is 17.7 Å². The van der Waals surface area contributed by atoms with Gasteiger partial charge in [0.05, 0.1) is 18.7 Å². The molecule has 0 aromatic heterocycles. The number of phenols is 1. The summed E-state index contributed by atoms with van der Waals surface area (Å²) >= 11 is 0. The van der Waals surface area contributed by atoms with E-state index in [1.54, 1.807) is 18.2 Å². The molecule has 1 atom stereocenters. The van der Waals surface area contributed by atoms with Crippen molar-refractivity contribution in [1.82, 2.24) is 5.32 Å². The van der Waals surface area contributed by atoms with Gasteiger partial charge in [-0.15, -0.1) is 0 Å². The number of carbonyl (C=O) groups excluding carboxylic acids is 1. The molecule has 4 N–H and O–H groups in total. The second-order valence-corrected chi connectivity index (χ2v) is 6.77. The van der Waals surface area contributed by atoms with Gasteiger partial charge in [-0.2, -0.15) is 0 Å². The van der Waals surface area contributed by atoms with E-state index in [-0.39, 0.29) is 23.3 Å². The molecule has 6 nitrogen and oxygen atoms in total. The summed E-state index contributed by atoms with van der Waals surface area (Å²) in [5, 5.41) is 13.0. The third-order valence-electron chi connectivity index (χ3n) is 4.24. The molecule has 0 saturated heterocycles. The van der Waals surface area contributed by atoms with Gasteiger partial charge in [-0.05, 0) is 50.2 Å². The number of nitrogens with one attached hydrogen (secondary N) is 1. The SMILES string of the molecule is COc1ccc(O)c(C(=O)NC2CC(C)(C)Oc3ccc(N)cc32)c1. The highest BCUT2D eigenvalue weighted by molar-refractivity contribution is 5.97. The normalized spacial score (nSPS) is 18.0. The van der Waals surface area contributed by atoms with Gasteiger partial charge < -0.3 is 25.6 Å². The Labute approximate surface area is 146 Å². The minimum atomic E-state index is -0.433. The van der Waals surface area contributed by atoms with Crippen LogP contribution in [0.1, 0.15) is 42.2 Å². The molecule has 0 radical (unpaired) electrons. The number of rotatable bonds is 3. The molecular weight excluding hydrogens is 320 g/mol. The van der Waals surface area contributed by atoms with Gasteiger partial charge >= 0.3 is 0 Å². The van der Waals surface area contributed by atoms with E-state index in [2.05, 4.69) is 5.32 Å². The molecule has 3 rings (SSSR count). The van der Waals surface area contributed by atoms with Crippen molar-refractivity contribution in [3.63, 3.8) is 0 Å². The average Bonchev–Trinajstić information content (AvgIpc) is 2.55. The molecule has 1 amide bonds. The van der Waals surface area contributed by atoms with E-state index in [1.807, 2.05) is 19.9 Å². The minimum absolute atomic E-state index is 0.0996. The fourth-order valence-corrected chi connectivity index (χ4v) is 3.06. The van der Waals surface area contributed by atoms with E-state index in [0.29, 0.717) is 23.6 Å². The fraction of sp³-hybridized carbons (Fsp3) is 0.316. The van der Waals surface area contributed by atoms with Gasteiger partial charge in [-0.1, -0.05) is 0 Å². The molecule has 1 aliphatic heterocycles. The van der Waals surface area contributed by atoms with Crippen molar-refractivity contribution in [2.75, 3.05) is 12.8 Å². The summed E-state index contributed by atoms with van der Waals surface area (Å²) < 4.78 is 11.1. The molecule has 6 heteroatoms. The number of methoxy groups -OCH3 is 1.